The first-order valence-corrected chi connectivity index (χ1v) is 9.66. The molecular weight excluding hydrogens is 367 g/mol. The van der Waals surface area contributed by atoms with Crippen molar-refractivity contribution in [3.8, 4) is 0 Å². The quantitative estimate of drug-likeness (QED) is 0.602. The lowest BCUT2D eigenvalue weighted by Gasteiger charge is -2.12. The minimum atomic E-state index is -3.75. The van der Waals surface area contributed by atoms with E-state index in [1.807, 2.05) is 6.92 Å². The van der Waals surface area contributed by atoms with Crippen LogP contribution in [0.1, 0.15) is 11.1 Å². The number of rotatable bonds is 6. The fourth-order valence-corrected chi connectivity index (χ4v) is 3.45. The van der Waals surface area contributed by atoms with Crippen molar-refractivity contribution in [1.29, 1.82) is 0 Å². The lowest BCUT2D eigenvalue weighted by atomic mass is 10.2. The number of anilines is 3. The number of hydrogen-bond acceptors (Lipinski definition) is 5. The van der Waals surface area contributed by atoms with E-state index < -0.39 is 10.0 Å². The van der Waals surface area contributed by atoms with Crippen LogP contribution in [0.5, 0.6) is 0 Å². The first-order chi connectivity index (χ1) is 12.8. The van der Waals surface area contributed by atoms with Crippen molar-refractivity contribution < 1.29 is 12.8 Å². The number of nitrogens with zero attached hydrogens (tertiary/aromatic N) is 1. The largest absolute Gasteiger partial charge is 0.382 e. The summed E-state index contributed by atoms with van der Waals surface area (Å²) in [6.07, 6.45) is 0. The van der Waals surface area contributed by atoms with E-state index >= 15 is 0 Å². The van der Waals surface area contributed by atoms with Gasteiger partial charge in [0.15, 0.2) is 0 Å². The van der Waals surface area contributed by atoms with E-state index in [4.69, 9.17) is 5.73 Å². The highest BCUT2D eigenvalue weighted by Gasteiger charge is 2.16. The third-order valence-corrected chi connectivity index (χ3v) is 5.27. The zero-order valence-electron chi connectivity index (χ0n) is 14.6. The van der Waals surface area contributed by atoms with Gasteiger partial charge in [-0.2, -0.15) is 0 Å². The Morgan fingerprint density at radius 2 is 1.67 bits per heavy atom. The molecule has 3 aromatic rings. The molecule has 0 saturated heterocycles. The van der Waals surface area contributed by atoms with Crippen LogP contribution in [0.15, 0.2) is 65.6 Å². The molecule has 0 unspecified atom stereocenters. The Morgan fingerprint density at radius 1 is 1.00 bits per heavy atom. The van der Waals surface area contributed by atoms with E-state index in [0.717, 1.165) is 11.1 Å². The minimum absolute atomic E-state index is 0.0507. The first-order valence-electron chi connectivity index (χ1n) is 8.18. The van der Waals surface area contributed by atoms with Crippen LogP contribution in [0, 0.1) is 12.7 Å². The van der Waals surface area contributed by atoms with Crippen LogP contribution < -0.4 is 15.8 Å². The number of nitrogens with one attached hydrogen (secondary N) is 2. The third-order valence-electron chi connectivity index (χ3n) is 3.89. The molecule has 8 heteroatoms. The maximum atomic E-state index is 12.9. The summed E-state index contributed by atoms with van der Waals surface area (Å²) in [5.41, 5.74) is 7.93. The molecular formula is C19H19FN4O2S. The molecule has 0 aliphatic heterocycles. The number of sulfonamides is 1. The number of halogens is 1. The lowest BCUT2D eigenvalue weighted by Crippen LogP contribution is -2.15. The zero-order valence-corrected chi connectivity index (χ0v) is 15.4. The average Bonchev–Trinajstić information content (AvgIpc) is 2.63. The third kappa shape index (κ3) is 4.73. The SMILES string of the molecule is Cc1ccc(S(=O)(=O)Nc2ccc(NCc3ccc(F)cc3)nc2N)cc1. The van der Waals surface area contributed by atoms with Gasteiger partial charge in [-0.3, -0.25) is 4.72 Å². The second-order valence-electron chi connectivity index (χ2n) is 6.03. The first kappa shape index (κ1) is 18.7. The van der Waals surface area contributed by atoms with Gasteiger partial charge in [-0.1, -0.05) is 29.8 Å². The molecule has 0 atom stereocenters. The number of benzene rings is 2. The van der Waals surface area contributed by atoms with Crippen LogP contribution in [-0.4, -0.2) is 13.4 Å². The highest BCUT2D eigenvalue weighted by Crippen LogP contribution is 2.23. The van der Waals surface area contributed by atoms with Crippen LogP contribution in [0.25, 0.3) is 0 Å². The molecule has 0 amide bonds. The minimum Gasteiger partial charge on any atom is -0.382 e. The van der Waals surface area contributed by atoms with E-state index in [9.17, 15) is 12.8 Å². The molecule has 27 heavy (non-hydrogen) atoms. The molecule has 0 bridgehead atoms. The van der Waals surface area contributed by atoms with E-state index in [1.54, 1.807) is 36.4 Å². The van der Waals surface area contributed by atoms with Crippen LogP contribution in [0.2, 0.25) is 0 Å². The van der Waals surface area contributed by atoms with E-state index in [1.165, 1.54) is 24.3 Å². The van der Waals surface area contributed by atoms with Crippen molar-refractivity contribution in [2.24, 2.45) is 0 Å². The van der Waals surface area contributed by atoms with Crippen molar-refractivity contribution in [3.63, 3.8) is 0 Å². The summed E-state index contributed by atoms with van der Waals surface area (Å²) in [5.74, 6) is 0.233. The van der Waals surface area contributed by atoms with Crippen molar-refractivity contribution in [1.82, 2.24) is 4.98 Å². The van der Waals surface area contributed by atoms with Gasteiger partial charge in [0.25, 0.3) is 10.0 Å². The van der Waals surface area contributed by atoms with Gasteiger partial charge in [-0.05, 0) is 48.9 Å². The van der Waals surface area contributed by atoms with Crippen molar-refractivity contribution >= 4 is 27.3 Å². The van der Waals surface area contributed by atoms with Crippen LogP contribution in [0.3, 0.4) is 0 Å². The predicted molar refractivity (Wildman–Crippen MR) is 104 cm³/mol. The van der Waals surface area contributed by atoms with Gasteiger partial charge in [-0.15, -0.1) is 0 Å². The maximum absolute atomic E-state index is 12.9. The fraction of sp³-hybridized carbons (Fsp3) is 0.105. The van der Waals surface area contributed by atoms with Crippen LogP contribution in [0.4, 0.5) is 21.7 Å². The molecule has 0 aliphatic rings. The van der Waals surface area contributed by atoms with Gasteiger partial charge in [0.05, 0.1) is 10.6 Å². The number of aromatic nitrogens is 1. The van der Waals surface area contributed by atoms with Gasteiger partial charge in [0.1, 0.15) is 17.5 Å². The number of pyridine rings is 1. The monoisotopic (exact) mass is 386 g/mol. The molecule has 1 heterocycles. The number of hydrogen-bond donors (Lipinski definition) is 3. The standard InChI is InChI=1S/C19H19FN4O2S/c1-13-2-8-16(9-3-13)27(25,26)24-17-10-11-18(23-19(17)21)22-12-14-4-6-15(20)7-5-14/h2-11,24H,12H2,1H3,(H3,21,22,23). The smallest absolute Gasteiger partial charge is 0.262 e. The normalized spacial score (nSPS) is 11.2. The average molecular weight is 386 g/mol. The van der Waals surface area contributed by atoms with Crippen molar-refractivity contribution in [2.75, 3.05) is 15.8 Å². The molecule has 0 aliphatic carbocycles. The number of aryl methyl sites for hydroxylation is 1. The molecule has 3 rings (SSSR count). The maximum Gasteiger partial charge on any atom is 0.262 e. The van der Waals surface area contributed by atoms with Crippen LogP contribution in [-0.2, 0) is 16.6 Å². The summed E-state index contributed by atoms with van der Waals surface area (Å²) in [4.78, 5) is 4.31. The van der Waals surface area contributed by atoms with Gasteiger partial charge in [0.2, 0.25) is 0 Å². The molecule has 6 nitrogen and oxygen atoms in total. The highest BCUT2D eigenvalue weighted by molar-refractivity contribution is 7.92. The molecule has 1 aromatic heterocycles. The highest BCUT2D eigenvalue weighted by atomic mass is 32.2. The summed E-state index contributed by atoms with van der Waals surface area (Å²) in [6, 6.07) is 15.7. The Labute approximate surface area is 157 Å². The Bertz CT molecular complexity index is 1040. The summed E-state index contributed by atoms with van der Waals surface area (Å²) < 4.78 is 40.3. The molecule has 140 valence electrons. The molecule has 0 radical (unpaired) electrons. The second-order valence-corrected chi connectivity index (χ2v) is 7.71. The predicted octanol–water partition coefficient (Wildman–Crippen LogP) is 3.52. The second kappa shape index (κ2) is 7.63. The molecule has 0 fully saturated rings. The Hall–Kier alpha value is -3.13. The zero-order chi connectivity index (χ0) is 19.4. The van der Waals surface area contributed by atoms with Crippen molar-refractivity contribution in [3.05, 3.63) is 77.6 Å². The Balaban J connectivity index is 1.70. The summed E-state index contributed by atoms with van der Waals surface area (Å²) in [6.45, 7) is 2.31. The molecule has 0 saturated carbocycles. The molecule has 2 aromatic carbocycles. The Kier molecular flexibility index (Phi) is 5.27. The molecule has 0 spiro atoms. The Morgan fingerprint density at radius 3 is 2.30 bits per heavy atom. The molecule has 4 N–H and O–H groups in total. The summed E-state index contributed by atoms with van der Waals surface area (Å²) in [5, 5.41) is 3.06. The van der Waals surface area contributed by atoms with Crippen LogP contribution >= 0.6 is 0 Å². The van der Waals surface area contributed by atoms with E-state index in [2.05, 4.69) is 15.0 Å². The van der Waals surface area contributed by atoms with E-state index in [-0.39, 0.29) is 22.2 Å². The number of nitrogens with two attached hydrogens (primary N) is 1. The lowest BCUT2D eigenvalue weighted by molar-refractivity contribution is 0.601. The summed E-state index contributed by atoms with van der Waals surface area (Å²) >= 11 is 0. The summed E-state index contributed by atoms with van der Waals surface area (Å²) in [7, 11) is -3.75. The number of nitrogen functional groups attached to an aromatic ring is 1. The van der Waals surface area contributed by atoms with Gasteiger partial charge >= 0.3 is 0 Å². The van der Waals surface area contributed by atoms with Crippen molar-refractivity contribution in [2.45, 2.75) is 18.4 Å². The van der Waals surface area contributed by atoms with Gasteiger partial charge < -0.3 is 11.1 Å². The van der Waals surface area contributed by atoms with Gasteiger partial charge in [0, 0.05) is 6.54 Å². The topological polar surface area (TPSA) is 97.1 Å². The van der Waals surface area contributed by atoms with E-state index in [0.29, 0.717) is 12.4 Å². The fourth-order valence-electron chi connectivity index (χ4n) is 2.38. The van der Waals surface area contributed by atoms with Gasteiger partial charge in [-0.25, -0.2) is 17.8 Å².